The summed E-state index contributed by atoms with van der Waals surface area (Å²) >= 11 is 0. The van der Waals surface area contributed by atoms with Crippen molar-refractivity contribution in [3.05, 3.63) is 0 Å². The molecule has 0 aromatic rings. The van der Waals surface area contributed by atoms with Crippen LogP contribution < -0.4 is 0 Å². The van der Waals surface area contributed by atoms with Crippen LogP contribution in [0.2, 0.25) is 0 Å². The van der Waals surface area contributed by atoms with Gasteiger partial charge in [0.2, 0.25) is 11.8 Å². The van der Waals surface area contributed by atoms with Gasteiger partial charge in [-0.3, -0.25) is 24.2 Å². The zero-order valence-corrected chi connectivity index (χ0v) is 11.0. The predicted octanol–water partition coefficient (Wildman–Crippen LogP) is 0.319. The summed E-state index contributed by atoms with van der Waals surface area (Å²) < 4.78 is 0. The van der Waals surface area contributed by atoms with Crippen molar-refractivity contribution in [1.29, 1.82) is 0 Å². The lowest BCUT2D eigenvalue weighted by Crippen LogP contribution is -2.46. The molecule has 1 heterocycles. The number of imide groups is 1. The molecule has 1 N–H and O–H groups in total. The van der Waals surface area contributed by atoms with Gasteiger partial charge in [0.25, 0.3) is 0 Å². The predicted molar refractivity (Wildman–Crippen MR) is 64.9 cm³/mol. The molecule has 1 fully saturated rings. The number of hydrogen-bond donors (Lipinski definition) is 1. The molecule has 0 aliphatic carbocycles. The third-order valence-electron chi connectivity index (χ3n) is 3.38. The van der Waals surface area contributed by atoms with Crippen molar-refractivity contribution in [3.63, 3.8) is 0 Å². The lowest BCUT2D eigenvalue weighted by atomic mass is 10.2. The number of carbonyl (C=O) groups is 3. The van der Waals surface area contributed by atoms with Crippen molar-refractivity contribution in [2.75, 3.05) is 13.1 Å². The molecule has 6 heteroatoms. The van der Waals surface area contributed by atoms with Crippen molar-refractivity contribution in [1.82, 2.24) is 9.80 Å². The lowest BCUT2D eigenvalue weighted by molar-refractivity contribution is -0.142. The highest BCUT2D eigenvalue weighted by Gasteiger charge is 2.43. The van der Waals surface area contributed by atoms with Crippen molar-refractivity contribution < 1.29 is 19.5 Å². The highest BCUT2D eigenvalue weighted by atomic mass is 16.4. The van der Waals surface area contributed by atoms with Crippen molar-refractivity contribution in [2.24, 2.45) is 0 Å². The van der Waals surface area contributed by atoms with E-state index in [1.54, 1.807) is 6.92 Å². The first-order chi connectivity index (χ1) is 8.42. The van der Waals surface area contributed by atoms with Gasteiger partial charge in [0.15, 0.2) is 0 Å². The molecular formula is C12H20N2O4. The van der Waals surface area contributed by atoms with Gasteiger partial charge in [-0.2, -0.15) is 0 Å². The summed E-state index contributed by atoms with van der Waals surface area (Å²) in [7, 11) is 0. The Morgan fingerprint density at radius 1 is 1.50 bits per heavy atom. The number of nitrogens with zero attached hydrogens (tertiary/aromatic N) is 2. The Kier molecular flexibility index (Phi) is 4.84. The Labute approximate surface area is 107 Å². The lowest BCUT2D eigenvalue weighted by Gasteiger charge is -2.26. The summed E-state index contributed by atoms with van der Waals surface area (Å²) in [5.74, 6) is -1.46. The molecule has 102 valence electrons. The number of aliphatic carboxylic acids is 1. The Balaban J connectivity index is 2.83. The zero-order valence-electron chi connectivity index (χ0n) is 11.0. The maximum absolute atomic E-state index is 12.2. The fourth-order valence-electron chi connectivity index (χ4n) is 2.18. The number of likely N-dealkylation sites (tertiary alicyclic amines) is 1. The van der Waals surface area contributed by atoms with Crippen LogP contribution >= 0.6 is 0 Å². The van der Waals surface area contributed by atoms with E-state index in [0.717, 1.165) is 0 Å². The van der Waals surface area contributed by atoms with Crippen molar-refractivity contribution in [3.8, 4) is 0 Å². The van der Waals surface area contributed by atoms with E-state index in [-0.39, 0.29) is 30.8 Å². The summed E-state index contributed by atoms with van der Waals surface area (Å²) in [6.07, 6.45) is 0.791. The SMILES string of the molecule is CCC(C)N1C(=O)CC(N(CC)CC(=O)O)C1=O. The molecule has 1 saturated heterocycles. The van der Waals surface area contributed by atoms with Gasteiger partial charge in [-0.25, -0.2) is 0 Å². The summed E-state index contributed by atoms with van der Waals surface area (Å²) in [4.78, 5) is 37.5. The van der Waals surface area contributed by atoms with E-state index in [2.05, 4.69) is 0 Å². The second-order valence-electron chi connectivity index (χ2n) is 4.54. The van der Waals surface area contributed by atoms with E-state index in [0.29, 0.717) is 13.0 Å². The van der Waals surface area contributed by atoms with Crippen LogP contribution in [0.3, 0.4) is 0 Å². The minimum absolute atomic E-state index is 0.0876. The van der Waals surface area contributed by atoms with Crippen LogP contribution in [-0.4, -0.2) is 57.9 Å². The normalized spacial score (nSPS) is 21.8. The van der Waals surface area contributed by atoms with Crippen LogP contribution in [0.5, 0.6) is 0 Å². The van der Waals surface area contributed by atoms with Gasteiger partial charge in [-0.05, 0) is 19.9 Å². The number of rotatable bonds is 6. The van der Waals surface area contributed by atoms with E-state index in [4.69, 9.17) is 5.11 Å². The number of amides is 2. The molecule has 0 radical (unpaired) electrons. The molecule has 18 heavy (non-hydrogen) atoms. The number of carbonyl (C=O) groups excluding carboxylic acids is 2. The Morgan fingerprint density at radius 2 is 2.11 bits per heavy atom. The Bertz CT molecular complexity index is 356. The minimum Gasteiger partial charge on any atom is -0.480 e. The highest BCUT2D eigenvalue weighted by molar-refractivity contribution is 6.06. The Hall–Kier alpha value is -1.43. The summed E-state index contributed by atoms with van der Waals surface area (Å²) in [5.41, 5.74) is 0. The third-order valence-corrected chi connectivity index (χ3v) is 3.38. The summed E-state index contributed by atoms with van der Waals surface area (Å²) in [5, 5.41) is 8.80. The Morgan fingerprint density at radius 3 is 2.56 bits per heavy atom. The second kappa shape index (κ2) is 5.95. The number of carboxylic acids is 1. The fraction of sp³-hybridized carbons (Fsp3) is 0.750. The monoisotopic (exact) mass is 256 g/mol. The van der Waals surface area contributed by atoms with Gasteiger partial charge < -0.3 is 5.11 Å². The second-order valence-corrected chi connectivity index (χ2v) is 4.54. The fourth-order valence-corrected chi connectivity index (χ4v) is 2.18. The molecule has 2 atom stereocenters. The summed E-state index contributed by atoms with van der Waals surface area (Å²) in [6.45, 7) is 5.74. The van der Waals surface area contributed by atoms with E-state index in [1.807, 2.05) is 13.8 Å². The molecule has 0 spiro atoms. The molecule has 0 aromatic heterocycles. The van der Waals surface area contributed by atoms with Gasteiger partial charge >= 0.3 is 5.97 Å². The van der Waals surface area contributed by atoms with Crippen LogP contribution in [0, 0.1) is 0 Å². The van der Waals surface area contributed by atoms with Crippen LogP contribution in [0.15, 0.2) is 0 Å². The number of hydrogen-bond acceptors (Lipinski definition) is 4. The van der Waals surface area contributed by atoms with E-state index in [9.17, 15) is 14.4 Å². The maximum Gasteiger partial charge on any atom is 0.317 e. The van der Waals surface area contributed by atoms with Crippen molar-refractivity contribution >= 4 is 17.8 Å². The third kappa shape index (κ3) is 2.87. The number of likely N-dealkylation sites (N-methyl/N-ethyl adjacent to an activating group) is 1. The van der Waals surface area contributed by atoms with Gasteiger partial charge in [0.05, 0.1) is 19.0 Å². The average Bonchev–Trinajstić information content (AvgIpc) is 2.60. The van der Waals surface area contributed by atoms with Gasteiger partial charge in [-0.1, -0.05) is 13.8 Å². The molecule has 0 bridgehead atoms. The summed E-state index contributed by atoms with van der Waals surface area (Å²) in [6, 6.07) is -0.744. The van der Waals surface area contributed by atoms with Crippen LogP contribution in [0.25, 0.3) is 0 Å². The van der Waals surface area contributed by atoms with Crippen molar-refractivity contribution in [2.45, 2.75) is 45.7 Å². The standard InChI is InChI=1S/C12H20N2O4/c1-4-8(3)14-10(15)6-9(12(14)18)13(5-2)7-11(16)17/h8-9H,4-7H2,1-3H3,(H,16,17). The molecule has 6 nitrogen and oxygen atoms in total. The molecule has 1 aliphatic heterocycles. The quantitative estimate of drug-likeness (QED) is 0.692. The largest absolute Gasteiger partial charge is 0.480 e. The average molecular weight is 256 g/mol. The molecule has 0 saturated carbocycles. The smallest absolute Gasteiger partial charge is 0.317 e. The van der Waals surface area contributed by atoms with E-state index >= 15 is 0 Å². The molecule has 1 rings (SSSR count). The first kappa shape index (κ1) is 14.6. The minimum atomic E-state index is -0.987. The van der Waals surface area contributed by atoms with Gasteiger partial charge in [0.1, 0.15) is 0 Å². The molecule has 0 aromatic carbocycles. The van der Waals surface area contributed by atoms with Gasteiger partial charge in [0, 0.05) is 6.04 Å². The maximum atomic E-state index is 12.2. The molecule has 1 aliphatic rings. The van der Waals surface area contributed by atoms with Crippen LogP contribution in [0.4, 0.5) is 0 Å². The van der Waals surface area contributed by atoms with E-state index in [1.165, 1.54) is 9.80 Å². The van der Waals surface area contributed by atoms with Gasteiger partial charge in [-0.15, -0.1) is 0 Å². The molecular weight excluding hydrogens is 236 g/mol. The molecule has 2 unspecified atom stereocenters. The highest BCUT2D eigenvalue weighted by Crippen LogP contribution is 2.22. The van der Waals surface area contributed by atoms with Crippen LogP contribution in [0.1, 0.15) is 33.6 Å². The first-order valence-electron chi connectivity index (χ1n) is 6.24. The number of carboxylic acid groups (broad SMARTS) is 1. The van der Waals surface area contributed by atoms with Crippen LogP contribution in [-0.2, 0) is 14.4 Å². The first-order valence-corrected chi connectivity index (χ1v) is 6.24. The molecule has 2 amide bonds. The van der Waals surface area contributed by atoms with E-state index < -0.39 is 12.0 Å². The zero-order chi connectivity index (χ0) is 13.9. The topological polar surface area (TPSA) is 77.9 Å².